The number of rotatable bonds is 5. The molecule has 7 nitrogen and oxygen atoms in total. The maximum absolute atomic E-state index is 12.5. The third-order valence-corrected chi connectivity index (χ3v) is 6.37. The van der Waals surface area contributed by atoms with Gasteiger partial charge in [0.1, 0.15) is 11.5 Å². The monoisotopic (exact) mass is 417 g/mol. The maximum Gasteiger partial charge on any atom is 0.276 e. The number of piperidine rings is 1. The van der Waals surface area contributed by atoms with Crippen LogP contribution in [-0.2, 0) is 10.0 Å². The Hall–Kier alpha value is -2.74. The van der Waals surface area contributed by atoms with E-state index in [2.05, 4.69) is 9.93 Å². The molecule has 1 aliphatic rings. The minimum absolute atomic E-state index is 0.0448. The van der Waals surface area contributed by atoms with Crippen LogP contribution < -0.4 is 9.73 Å². The molecule has 8 heteroatoms. The predicted octanol–water partition coefficient (Wildman–Crippen LogP) is 3.41. The van der Waals surface area contributed by atoms with E-state index >= 15 is 0 Å². The number of nitrogens with one attached hydrogen (secondary N) is 1. The second-order valence-corrected chi connectivity index (χ2v) is 9.10. The van der Waals surface area contributed by atoms with Crippen LogP contribution in [0, 0.1) is 13.8 Å². The number of sulfonamides is 1. The predicted molar refractivity (Wildman–Crippen MR) is 114 cm³/mol. The van der Waals surface area contributed by atoms with Crippen molar-refractivity contribution < 1.29 is 18.6 Å². The van der Waals surface area contributed by atoms with Crippen LogP contribution in [0.1, 0.15) is 42.9 Å². The van der Waals surface area contributed by atoms with Gasteiger partial charge in [-0.15, -0.1) is 0 Å². The molecule has 0 aliphatic carbocycles. The van der Waals surface area contributed by atoms with Gasteiger partial charge in [-0.05, 0) is 63.8 Å². The minimum atomic E-state index is -3.84. The minimum Gasteiger partial charge on any atom is -0.507 e. The molecule has 0 saturated carbocycles. The van der Waals surface area contributed by atoms with Crippen molar-refractivity contribution in [3.8, 4) is 11.5 Å². The summed E-state index contributed by atoms with van der Waals surface area (Å²) in [6.07, 6.45) is 3.10. The van der Waals surface area contributed by atoms with Crippen LogP contribution in [0.15, 0.2) is 40.3 Å². The van der Waals surface area contributed by atoms with Gasteiger partial charge < -0.3 is 15.1 Å². The van der Waals surface area contributed by atoms with E-state index in [1.807, 2.05) is 11.8 Å². The summed E-state index contributed by atoms with van der Waals surface area (Å²) in [5.74, 6) is 0.0345. The van der Waals surface area contributed by atoms with E-state index in [0.717, 1.165) is 37.9 Å². The van der Waals surface area contributed by atoms with Gasteiger partial charge in [-0.2, -0.15) is 18.4 Å². The Bertz CT molecular complexity index is 1020. The molecule has 3 rings (SSSR count). The molecule has 0 radical (unpaired) electrons. The number of phenolic OH excluding ortho intramolecular Hbond substituents is 2. The Morgan fingerprint density at radius 1 is 1.07 bits per heavy atom. The zero-order valence-electron chi connectivity index (χ0n) is 16.9. The van der Waals surface area contributed by atoms with E-state index in [1.165, 1.54) is 18.2 Å². The quantitative estimate of drug-likeness (QED) is 0.393. The summed E-state index contributed by atoms with van der Waals surface area (Å²) in [6, 6.07) is 7.91. The number of aromatic hydroxyl groups is 2. The summed E-state index contributed by atoms with van der Waals surface area (Å²) in [5, 5.41) is 25.3. The molecule has 0 aromatic heterocycles. The normalized spacial score (nSPS) is 15.4. The van der Waals surface area contributed by atoms with Crippen LogP contribution in [0.2, 0.25) is 0 Å². The van der Waals surface area contributed by atoms with Gasteiger partial charge in [0, 0.05) is 13.1 Å². The van der Waals surface area contributed by atoms with E-state index in [0.29, 0.717) is 16.8 Å². The van der Waals surface area contributed by atoms with Gasteiger partial charge in [-0.1, -0.05) is 17.7 Å². The molecule has 2 aromatic rings. The van der Waals surface area contributed by atoms with Crippen LogP contribution >= 0.6 is 0 Å². The Kier molecular flexibility index (Phi) is 6.02. The van der Waals surface area contributed by atoms with Crippen molar-refractivity contribution in [2.45, 2.75) is 44.9 Å². The van der Waals surface area contributed by atoms with Crippen LogP contribution in [0.3, 0.4) is 0 Å². The molecule has 0 atom stereocenters. The molecular formula is C21H27N3O4S. The topological polar surface area (TPSA) is 102 Å². The molecule has 1 saturated heterocycles. The molecule has 29 heavy (non-hydrogen) atoms. The van der Waals surface area contributed by atoms with E-state index in [9.17, 15) is 18.6 Å². The molecule has 156 valence electrons. The number of hydrogen-bond acceptors (Lipinski definition) is 6. The molecule has 3 N–H and O–H groups in total. The first-order chi connectivity index (χ1) is 13.7. The number of aryl methyl sites for hydroxylation is 2. The SMILES string of the molecule is CC(=NNS(=O)(=O)c1ccc(C)cc1)c1c(O)cc(C)c(O)c1N1CCCCC1. The van der Waals surface area contributed by atoms with Gasteiger partial charge in [0.05, 0.1) is 21.9 Å². The number of hydrogen-bond donors (Lipinski definition) is 3. The highest BCUT2D eigenvalue weighted by molar-refractivity contribution is 7.89. The zero-order chi connectivity index (χ0) is 21.2. The molecule has 1 aliphatic heterocycles. The largest absolute Gasteiger partial charge is 0.507 e. The molecule has 0 amide bonds. The van der Waals surface area contributed by atoms with Gasteiger partial charge in [-0.3, -0.25) is 0 Å². The van der Waals surface area contributed by atoms with E-state index in [1.54, 1.807) is 26.0 Å². The molecular weight excluding hydrogens is 390 g/mol. The second kappa shape index (κ2) is 8.32. The summed E-state index contributed by atoms with van der Waals surface area (Å²) < 4.78 is 25.1. The lowest BCUT2D eigenvalue weighted by molar-refractivity contribution is 0.451. The van der Waals surface area contributed by atoms with Crippen LogP contribution in [0.25, 0.3) is 0 Å². The first-order valence-electron chi connectivity index (χ1n) is 9.64. The smallest absolute Gasteiger partial charge is 0.276 e. The number of hydrazone groups is 1. The molecule has 0 spiro atoms. The van der Waals surface area contributed by atoms with Crippen molar-refractivity contribution in [2.24, 2.45) is 5.10 Å². The fraction of sp³-hybridized carbons (Fsp3) is 0.381. The first-order valence-corrected chi connectivity index (χ1v) is 11.1. The van der Waals surface area contributed by atoms with Gasteiger partial charge >= 0.3 is 0 Å². The molecule has 0 unspecified atom stereocenters. The zero-order valence-corrected chi connectivity index (χ0v) is 17.8. The van der Waals surface area contributed by atoms with E-state index in [-0.39, 0.29) is 22.1 Å². The lowest BCUT2D eigenvalue weighted by Crippen LogP contribution is -2.31. The third kappa shape index (κ3) is 4.48. The average Bonchev–Trinajstić information content (AvgIpc) is 2.69. The Labute approximate surface area is 171 Å². The summed E-state index contributed by atoms with van der Waals surface area (Å²) in [5.41, 5.74) is 2.61. The third-order valence-electron chi connectivity index (χ3n) is 5.14. The van der Waals surface area contributed by atoms with Crippen molar-refractivity contribution in [3.63, 3.8) is 0 Å². The van der Waals surface area contributed by atoms with Crippen molar-refractivity contribution in [1.82, 2.24) is 4.83 Å². The fourth-order valence-electron chi connectivity index (χ4n) is 3.51. The summed E-state index contributed by atoms with van der Waals surface area (Å²) in [6.45, 7) is 6.71. The van der Waals surface area contributed by atoms with Crippen LogP contribution in [0.5, 0.6) is 11.5 Å². The van der Waals surface area contributed by atoms with Crippen LogP contribution in [-0.4, -0.2) is 37.4 Å². The number of phenols is 2. The standard InChI is InChI=1S/C21H27N3O4S/c1-14-7-9-17(10-8-14)29(27,28)23-22-16(3)19-18(25)13-15(2)21(26)20(19)24-11-5-4-6-12-24/h7-10,13,23,25-26H,4-6,11-12H2,1-3H3. The molecule has 1 fully saturated rings. The maximum atomic E-state index is 12.5. The van der Waals surface area contributed by atoms with Crippen molar-refractivity contribution in [2.75, 3.05) is 18.0 Å². The summed E-state index contributed by atoms with van der Waals surface area (Å²) in [7, 11) is -3.84. The fourth-order valence-corrected chi connectivity index (χ4v) is 4.37. The van der Waals surface area contributed by atoms with E-state index in [4.69, 9.17) is 0 Å². The van der Waals surface area contributed by atoms with Gasteiger partial charge in [0.15, 0.2) is 0 Å². The molecule has 2 aromatic carbocycles. The van der Waals surface area contributed by atoms with Gasteiger partial charge in [-0.25, -0.2) is 0 Å². The van der Waals surface area contributed by atoms with Crippen LogP contribution in [0.4, 0.5) is 5.69 Å². The highest BCUT2D eigenvalue weighted by atomic mass is 32.2. The van der Waals surface area contributed by atoms with Gasteiger partial charge in [0.25, 0.3) is 10.0 Å². The number of nitrogens with zero attached hydrogens (tertiary/aromatic N) is 2. The summed E-state index contributed by atoms with van der Waals surface area (Å²) in [4.78, 5) is 4.36. The van der Waals surface area contributed by atoms with Crippen molar-refractivity contribution in [3.05, 3.63) is 47.0 Å². The number of anilines is 1. The summed E-state index contributed by atoms with van der Waals surface area (Å²) >= 11 is 0. The Balaban J connectivity index is 1.98. The molecule has 0 bridgehead atoms. The average molecular weight is 418 g/mol. The lowest BCUT2D eigenvalue weighted by atomic mass is 10.00. The van der Waals surface area contributed by atoms with Gasteiger partial charge in [0.2, 0.25) is 0 Å². The Morgan fingerprint density at radius 3 is 2.31 bits per heavy atom. The first kappa shape index (κ1) is 21.0. The number of benzene rings is 2. The lowest BCUT2D eigenvalue weighted by Gasteiger charge is -2.32. The highest BCUT2D eigenvalue weighted by Gasteiger charge is 2.24. The van der Waals surface area contributed by atoms with E-state index < -0.39 is 10.0 Å². The second-order valence-electron chi connectivity index (χ2n) is 7.44. The molecule has 1 heterocycles. The van der Waals surface area contributed by atoms with Crippen molar-refractivity contribution in [1.29, 1.82) is 0 Å². The highest BCUT2D eigenvalue weighted by Crippen LogP contribution is 2.41. The Morgan fingerprint density at radius 2 is 1.69 bits per heavy atom. The van der Waals surface area contributed by atoms with Crippen molar-refractivity contribution >= 4 is 21.4 Å².